The summed E-state index contributed by atoms with van der Waals surface area (Å²) in [7, 11) is 0. The Labute approximate surface area is 95.6 Å². The molecule has 0 fully saturated rings. The van der Waals surface area contributed by atoms with Gasteiger partial charge in [0.2, 0.25) is 0 Å². The summed E-state index contributed by atoms with van der Waals surface area (Å²) in [5, 5.41) is 0.0943. The molecule has 1 aromatic heterocycles. The van der Waals surface area contributed by atoms with Crippen LogP contribution in [0.5, 0.6) is 0 Å². The van der Waals surface area contributed by atoms with Gasteiger partial charge in [-0.25, -0.2) is 8.78 Å². The van der Waals surface area contributed by atoms with Gasteiger partial charge in [-0.1, -0.05) is 11.6 Å². The Bertz CT molecular complexity index is 525. The van der Waals surface area contributed by atoms with E-state index in [0.29, 0.717) is 17.1 Å². The van der Waals surface area contributed by atoms with Crippen LogP contribution in [0.15, 0.2) is 28.7 Å². The van der Waals surface area contributed by atoms with Gasteiger partial charge in [0, 0.05) is 5.56 Å². The summed E-state index contributed by atoms with van der Waals surface area (Å²) in [4.78, 5) is 0. The molecule has 0 amide bonds. The number of rotatable bonds is 2. The minimum atomic E-state index is -0.987. The van der Waals surface area contributed by atoms with Crippen molar-refractivity contribution in [1.29, 1.82) is 0 Å². The summed E-state index contributed by atoms with van der Waals surface area (Å²) in [5.41, 5.74) is 5.68. The van der Waals surface area contributed by atoms with Gasteiger partial charge in [-0.15, -0.1) is 0 Å². The molecule has 0 saturated heterocycles. The molecule has 5 heteroatoms. The van der Waals surface area contributed by atoms with E-state index in [-0.39, 0.29) is 11.6 Å². The van der Waals surface area contributed by atoms with Gasteiger partial charge >= 0.3 is 0 Å². The van der Waals surface area contributed by atoms with Gasteiger partial charge in [-0.3, -0.25) is 0 Å². The molecule has 0 unspecified atom stereocenters. The van der Waals surface area contributed by atoms with E-state index in [1.165, 1.54) is 0 Å². The number of hydrogen-bond donors (Lipinski definition) is 1. The molecule has 1 heterocycles. The van der Waals surface area contributed by atoms with Crippen LogP contribution in [-0.4, -0.2) is 0 Å². The number of nitrogens with two attached hydrogens (primary N) is 1. The second kappa shape index (κ2) is 4.23. The van der Waals surface area contributed by atoms with E-state index < -0.39 is 11.6 Å². The van der Waals surface area contributed by atoms with Gasteiger partial charge in [0.25, 0.3) is 0 Å². The van der Waals surface area contributed by atoms with Crippen molar-refractivity contribution in [3.8, 4) is 11.3 Å². The topological polar surface area (TPSA) is 39.2 Å². The molecule has 84 valence electrons. The summed E-state index contributed by atoms with van der Waals surface area (Å²) in [6, 6.07) is 5.18. The third-order valence-electron chi connectivity index (χ3n) is 2.14. The maximum absolute atomic E-state index is 13.0. The highest BCUT2D eigenvalue weighted by Crippen LogP contribution is 2.31. The first-order valence-corrected chi connectivity index (χ1v) is 4.93. The van der Waals surface area contributed by atoms with Crippen molar-refractivity contribution >= 4 is 11.6 Å². The summed E-state index contributed by atoms with van der Waals surface area (Å²) >= 11 is 5.79. The second-order valence-electron chi connectivity index (χ2n) is 3.22. The standard InChI is InChI=1S/C11H8ClF2NO/c12-8-4-10(14)9(13)3-7(8)11-2-1-6(5-15)16-11/h1-4H,5,15H2. The lowest BCUT2D eigenvalue weighted by Crippen LogP contribution is -1.92. The van der Waals surface area contributed by atoms with E-state index in [1.54, 1.807) is 12.1 Å². The third kappa shape index (κ3) is 1.94. The van der Waals surface area contributed by atoms with Gasteiger partial charge in [-0.05, 0) is 24.3 Å². The fourth-order valence-electron chi connectivity index (χ4n) is 1.34. The van der Waals surface area contributed by atoms with Crippen molar-refractivity contribution < 1.29 is 13.2 Å². The molecule has 16 heavy (non-hydrogen) atoms. The van der Waals surface area contributed by atoms with E-state index in [4.69, 9.17) is 21.8 Å². The summed E-state index contributed by atoms with van der Waals surface area (Å²) in [6.07, 6.45) is 0. The van der Waals surface area contributed by atoms with Crippen LogP contribution in [0.4, 0.5) is 8.78 Å². The Morgan fingerprint density at radius 3 is 2.50 bits per heavy atom. The lowest BCUT2D eigenvalue weighted by Gasteiger charge is -2.02. The Hall–Kier alpha value is -1.39. The van der Waals surface area contributed by atoms with Gasteiger partial charge in [0.05, 0.1) is 11.6 Å². The Balaban J connectivity index is 2.51. The van der Waals surface area contributed by atoms with Crippen LogP contribution >= 0.6 is 11.6 Å². The highest BCUT2D eigenvalue weighted by Gasteiger charge is 2.12. The van der Waals surface area contributed by atoms with Crippen molar-refractivity contribution in [3.63, 3.8) is 0 Å². The molecule has 2 aromatic rings. The monoisotopic (exact) mass is 243 g/mol. The van der Waals surface area contributed by atoms with Crippen molar-refractivity contribution in [1.82, 2.24) is 0 Å². The van der Waals surface area contributed by atoms with E-state index in [0.717, 1.165) is 12.1 Å². The van der Waals surface area contributed by atoms with Gasteiger partial charge in [-0.2, -0.15) is 0 Å². The Kier molecular flexibility index (Phi) is 2.94. The lowest BCUT2D eigenvalue weighted by molar-refractivity contribution is 0.505. The van der Waals surface area contributed by atoms with Crippen LogP contribution in [0.1, 0.15) is 5.76 Å². The fraction of sp³-hybridized carbons (Fsp3) is 0.0909. The molecule has 0 radical (unpaired) electrons. The maximum Gasteiger partial charge on any atom is 0.160 e. The normalized spacial score (nSPS) is 10.8. The zero-order valence-electron chi connectivity index (χ0n) is 8.14. The van der Waals surface area contributed by atoms with Crippen LogP contribution in [0.2, 0.25) is 5.02 Å². The first-order chi connectivity index (χ1) is 7.61. The summed E-state index contributed by atoms with van der Waals surface area (Å²) < 4.78 is 31.2. The summed E-state index contributed by atoms with van der Waals surface area (Å²) in [5.74, 6) is -1.04. The molecule has 2 N–H and O–H groups in total. The van der Waals surface area contributed by atoms with Crippen molar-refractivity contribution in [2.24, 2.45) is 5.73 Å². The Morgan fingerprint density at radius 1 is 1.19 bits per heavy atom. The van der Waals surface area contributed by atoms with Crippen LogP contribution in [0.3, 0.4) is 0 Å². The van der Waals surface area contributed by atoms with Crippen molar-refractivity contribution in [2.45, 2.75) is 6.54 Å². The van der Waals surface area contributed by atoms with Gasteiger partial charge in [0.1, 0.15) is 11.5 Å². The predicted octanol–water partition coefficient (Wildman–Crippen LogP) is 3.34. The number of furan rings is 1. The largest absolute Gasteiger partial charge is 0.460 e. The fourth-order valence-corrected chi connectivity index (χ4v) is 1.59. The zero-order chi connectivity index (χ0) is 11.7. The van der Waals surface area contributed by atoms with Crippen LogP contribution in [0, 0.1) is 11.6 Å². The lowest BCUT2D eigenvalue weighted by atomic mass is 10.1. The maximum atomic E-state index is 13.0. The molecule has 2 rings (SSSR count). The molecule has 0 aliphatic heterocycles. The molecule has 0 aliphatic carbocycles. The smallest absolute Gasteiger partial charge is 0.160 e. The van der Waals surface area contributed by atoms with E-state index in [2.05, 4.69) is 0 Å². The highest BCUT2D eigenvalue weighted by molar-refractivity contribution is 6.33. The molecule has 0 saturated carbocycles. The highest BCUT2D eigenvalue weighted by atomic mass is 35.5. The first-order valence-electron chi connectivity index (χ1n) is 4.55. The zero-order valence-corrected chi connectivity index (χ0v) is 8.89. The average Bonchev–Trinajstić information content (AvgIpc) is 2.71. The number of benzene rings is 1. The molecule has 1 aromatic carbocycles. The molecule has 0 spiro atoms. The number of hydrogen-bond acceptors (Lipinski definition) is 2. The van der Waals surface area contributed by atoms with Crippen LogP contribution < -0.4 is 5.73 Å². The van der Waals surface area contributed by atoms with E-state index >= 15 is 0 Å². The molecular formula is C11H8ClF2NO. The van der Waals surface area contributed by atoms with E-state index in [1.807, 2.05) is 0 Å². The minimum absolute atomic E-state index is 0.0943. The summed E-state index contributed by atoms with van der Waals surface area (Å²) in [6.45, 7) is 0.237. The average molecular weight is 244 g/mol. The molecular weight excluding hydrogens is 236 g/mol. The van der Waals surface area contributed by atoms with E-state index in [9.17, 15) is 8.78 Å². The van der Waals surface area contributed by atoms with Gasteiger partial charge < -0.3 is 10.2 Å². The third-order valence-corrected chi connectivity index (χ3v) is 2.45. The molecule has 0 atom stereocenters. The van der Waals surface area contributed by atoms with Crippen LogP contribution in [-0.2, 0) is 6.54 Å². The van der Waals surface area contributed by atoms with Gasteiger partial charge in [0.15, 0.2) is 11.6 Å². The SMILES string of the molecule is NCc1ccc(-c2cc(F)c(F)cc2Cl)o1. The molecule has 0 aliphatic rings. The second-order valence-corrected chi connectivity index (χ2v) is 3.62. The number of halogens is 3. The first kappa shape index (κ1) is 11.1. The van der Waals surface area contributed by atoms with Crippen molar-refractivity contribution in [2.75, 3.05) is 0 Å². The Morgan fingerprint density at radius 2 is 1.88 bits per heavy atom. The minimum Gasteiger partial charge on any atom is -0.460 e. The molecule has 0 bridgehead atoms. The predicted molar refractivity (Wildman–Crippen MR) is 57.0 cm³/mol. The van der Waals surface area contributed by atoms with Crippen LogP contribution in [0.25, 0.3) is 11.3 Å². The molecule has 2 nitrogen and oxygen atoms in total. The quantitative estimate of drug-likeness (QED) is 0.822. The van der Waals surface area contributed by atoms with Crippen molar-refractivity contribution in [3.05, 3.63) is 46.7 Å².